The number of ether oxygens (including phenoxy) is 1. The summed E-state index contributed by atoms with van der Waals surface area (Å²) in [5.41, 5.74) is 2.25. The van der Waals surface area contributed by atoms with Crippen molar-refractivity contribution in [2.45, 2.75) is 33.9 Å². The molecule has 108 valence electrons. The van der Waals surface area contributed by atoms with Crippen molar-refractivity contribution in [1.29, 1.82) is 0 Å². The zero-order valence-corrected chi connectivity index (χ0v) is 12.9. The highest BCUT2D eigenvalue weighted by Crippen LogP contribution is 2.26. The van der Waals surface area contributed by atoms with E-state index in [9.17, 15) is 0 Å². The monoisotopic (exact) mass is 293 g/mol. The van der Waals surface area contributed by atoms with Crippen molar-refractivity contribution in [3.8, 4) is 5.75 Å². The van der Waals surface area contributed by atoms with Crippen molar-refractivity contribution >= 4 is 11.6 Å². The summed E-state index contributed by atoms with van der Waals surface area (Å²) in [7, 11) is 0. The van der Waals surface area contributed by atoms with Crippen LogP contribution in [0.2, 0.25) is 5.02 Å². The van der Waals surface area contributed by atoms with Crippen LogP contribution in [-0.2, 0) is 13.2 Å². The molecule has 0 radical (unpaired) electrons. The van der Waals surface area contributed by atoms with E-state index < -0.39 is 0 Å². The molecule has 0 aliphatic heterocycles. The van der Waals surface area contributed by atoms with Gasteiger partial charge in [0.15, 0.2) is 0 Å². The number of furan rings is 1. The Morgan fingerprint density at radius 1 is 1.25 bits per heavy atom. The molecule has 2 aromatic rings. The van der Waals surface area contributed by atoms with Crippen molar-refractivity contribution in [2.75, 3.05) is 6.54 Å². The van der Waals surface area contributed by atoms with Crippen LogP contribution in [0.25, 0.3) is 0 Å². The van der Waals surface area contributed by atoms with E-state index in [1.165, 1.54) is 0 Å². The molecule has 0 atom stereocenters. The number of halogens is 1. The minimum Gasteiger partial charge on any atom is -0.484 e. The molecule has 0 bridgehead atoms. The summed E-state index contributed by atoms with van der Waals surface area (Å²) in [5, 5.41) is 3.88. The molecule has 20 heavy (non-hydrogen) atoms. The van der Waals surface area contributed by atoms with Crippen LogP contribution in [-0.4, -0.2) is 6.54 Å². The van der Waals surface area contributed by atoms with Crippen molar-refractivity contribution in [2.24, 2.45) is 0 Å². The predicted molar refractivity (Wildman–Crippen MR) is 81.3 cm³/mol. The van der Waals surface area contributed by atoms with Gasteiger partial charge in [0.25, 0.3) is 0 Å². The molecular weight excluding hydrogens is 274 g/mol. The van der Waals surface area contributed by atoms with Gasteiger partial charge in [-0.05, 0) is 49.7 Å². The Labute approximate surface area is 124 Å². The predicted octanol–water partition coefficient (Wildman–Crippen LogP) is 4.24. The molecule has 1 heterocycles. The van der Waals surface area contributed by atoms with Crippen molar-refractivity contribution < 1.29 is 9.15 Å². The molecular formula is C16H20ClNO2. The normalized spacial score (nSPS) is 10.8. The Kier molecular flexibility index (Phi) is 5.10. The molecule has 1 aromatic carbocycles. The molecule has 0 amide bonds. The third-order valence-electron chi connectivity index (χ3n) is 3.06. The molecule has 1 aromatic heterocycles. The van der Waals surface area contributed by atoms with Gasteiger partial charge >= 0.3 is 0 Å². The van der Waals surface area contributed by atoms with E-state index in [-0.39, 0.29) is 0 Å². The third kappa shape index (κ3) is 3.78. The highest BCUT2D eigenvalue weighted by Gasteiger charge is 2.09. The van der Waals surface area contributed by atoms with Gasteiger partial charge in [0, 0.05) is 0 Å². The summed E-state index contributed by atoms with van der Waals surface area (Å²) in [6, 6.07) is 7.76. The van der Waals surface area contributed by atoms with Gasteiger partial charge in [0.1, 0.15) is 23.9 Å². The highest BCUT2D eigenvalue weighted by atomic mass is 35.5. The largest absolute Gasteiger partial charge is 0.484 e. The van der Waals surface area contributed by atoms with E-state index in [0.717, 1.165) is 35.7 Å². The van der Waals surface area contributed by atoms with Gasteiger partial charge in [-0.1, -0.05) is 24.6 Å². The standard InChI is InChI=1S/C16H20ClNO2/c1-4-18-9-16-12(3)8-13(20-16)10-19-15-6-5-11(2)7-14(15)17/h5-8,18H,4,9-10H2,1-3H3. The molecule has 0 saturated carbocycles. The van der Waals surface area contributed by atoms with Gasteiger partial charge < -0.3 is 14.5 Å². The maximum atomic E-state index is 6.14. The fraction of sp³-hybridized carbons (Fsp3) is 0.375. The first-order chi connectivity index (χ1) is 9.60. The number of nitrogens with one attached hydrogen (secondary N) is 1. The lowest BCUT2D eigenvalue weighted by molar-refractivity contribution is 0.265. The summed E-state index contributed by atoms with van der Waals surface area (Å²) in [6.45, 7) is 8.16. The molecule has 3 nitrogen and oxygen atoms in total. The number of rotatable bonds is 6. The SMILES string of the molecule is CCNCc1oc(COc2ccc(C)cc2Cl)cc1C. The maximum absolute atomic E-state index is 6.14. The first kappa shape index (κ1) is 14.9. The fourth-order valence-electron chi connectivity index (χ4n) is 1.95. The first-order valence-electron chi connectivity index (χ1n) is 6.78. The lowest BCUT2D eigenvalue weighted by atomic mass is 10.2. The Hall–Kier alpha value is -1.45. The zero-order valence-electron chi connectivity index (χ0n) is 12.1. The highest BCUT2D eigenvalue weighted by molar-refractivity contribution is 6.32. The molecule has 0 saturated heterocycles. The van der Waals surface area contributed by atoms with Gasteiger partial charge in [0.05, 0.1) is 11.6 Å². The van der Waals surface area contributed by atoms with Crippen LogP contribution in [0.3, 0.4) is 0 Å². The lowest BCUT2D eigenvalue weighted by Gasteiger charge is -2.07. The summed E-state index contributed by atoms with van der Waals surface area (Å²) < 4.78 is 11.5. The number of benzene rings is 1. The van der Waals surface area contributed by atoms with Crippen molar-refractivity contribution in [1.82, 2.24) is 5.32 Å². The molecule has 0 fully saturated rings. The lowest BCUT2D eigenvalue weighted by Crippen LogP contribution is -2.11. The quantitative estimate of drug-likeness (QED) is 0.865. The molecule has 0 unspecified atom stereocenters. The Balaban J connectivity index is 2.00. The van der Waals surface area contributed by atoms with E-state index in [4.69, 9.17) is 20.8 Å². The van der Waals surface area contributed by atoms with Crippen LogP contribution in [0.15, 0.2) is 28.7 Å². The summed E-state index contributed by atoms with van der Waals surface area (Å²) in [4.78, 5) is 0. The Morgan fingerprint density at radius 3 is 2.75 bits per heavy atom. The van der Waals surface area contributed by atoms with Crippen LogP contribution < -0.4 is 10.1 Å². The average Bonchev–Trinajstić information content (AvgIpc) is 2.76. The van der Waals surface area contributed by atoms with Gasteiger partial charge in [-0.25, -0.2) is 0 Å². The van der Waals surface area contributed by atoms with Crippen molar-refractivity contribution in [3.63, 3.8) is 0 Å². The van der Waals surface area contributed by atoms with E-state index in [1.807, 2.05) is 38.1 Å². The second kappa shape index (κ2) is 6.82. The minimum absolute atomic E-state index is 0.385. The van der Waals surface area contributed by atoms with Crippen LogP contribution in [0.1, 0.15) is 29.6 Å². The van der Waals surface area contributed by atoms with E-state index in [1.54, 1.807) is 0 Å². The Morgan fingerprint density at radius 2 is 2.05 bits per heavy atom. The molecule has 0 aliphatic carbocycles. The second-order valence-electron chi connectivity index (χ2n) is 4.82. The molecule has 0 spiro atoms. The van der Waals surface area contributed by atoms with E-state index >= 15 is 0 Å². The second-order valence-corrected chi connectivity index (χ2v) is 5.23. The van der Waals surface area contributed by atoms with E-state index in [0.29, 0.717) is 17.4 Å². The fourth-order valence-corrected chi connectivity index (χ4v) is 2.24. The number of hydrogen-bond donors (Lipinski definition) is 1. The molecule has 1 N–H and O–H groups in total. The van der Waals surface area contributed by atoms with Gasteiger partial charge in [0.2, 0.25) is 0 Å². The van der Waals surface area contributed by atoms with Crippen LogP contribution in [0.5, 0.6) is 5.75 Å². The molecule has 4 heteroatoms. The van der Waals surface area contributed by atoms with E-state index in [2.05, 4.69) is 12.2 Å². The maximum Gasteiger partial charge on any atom is 0.146 e. The Bertz CT molecular complexity index is 578. The minimum atomic E-state index is 0.385. The van der Waals surface area contributed by atoms with Crippen LogP contribution >= 0.6 is 11.6 Å². The summed E-state index contributed by atoms with van der Waals surface area (Å²) >= 11 is 6.14. The zero-order chi connectivity index (χ0) is 14.5. The van der Waals surface area contributed by atoms with Crippen molar-refractivity contribution in [3.05, 3.63) is 51.9 Å². The first-order valence-corrected chi connectivity index (χ1v) is 7.15. The third-order valence-corrected chi connectivity index (χ3v) is 3.36. The van der Waals surface area contributed by atoms with Gasteiger partial charge in [-0.3, -0.25) is 0 Å². The topological polar surface area (TPSA) is 34.4 Å². The van der Waals surface area contributed by atoms with Crippen LogP contribution in [0, 0.1) is 13.8 Å². The average molecular weight is 294 g/mol. The molecule has 0 aliphatic rings. The smallest absolute Gasteiger partial charge is 0.146 e. The van der Waals surface area contributed by atoms with Gasteiger partial charge in [-0.15, -0.1) is 0 Å². The number of hydrogen-bond acceptors (Lipinski definition) is 3. The van der Waals surface area contributed by atoms with Gasteiger partial charge in [-0.2, -0.15) is 0 Å². The van der Waals surface area contributed by atoms with Crippen LogP contribution in [0.4, 0.5) is 0 Å². The summed E-state index contributed by atoms with van der Waals surface area (Å²) in [6.07, 6.45) is 0. The molecule has 2 rings (SSSR count). The number of aryl methyl sites for hydroxylation is 2. The summed E-state index contributed by atoms with van der Waals surface area (Å²) in [5.74, 6) is 2.45.